The first kappa shape index (κ1) is 16.2. The van der Waals surface area contributed by atoms with Gasteiger partial charge in [0.1, 0.15) is 12.3 Å². The van der Waals surface area contributed by atoms with Crippen molar-refractivity contribution in [3.63, 3.8) is 0 Å². The van der Waals surface area contributed by atoms with E-state index in [9.17, 15) is 4.79 Å². The van der Waals surface area contributed by atoms with Gasteiger partial charge < -0.3 is 20.1 Å². The number of carbonyl (C=O) groups is 1. The van der Waals surface area contributed by atoms with E-state index in [0.717, 1.165) is 19.6 Å². The van der Waals surface area contributed by atoms with Crippen LogP contribution in [0.4, 0.5) is 5.69 Å². The van der Waals surface area contributed by atoms with E-state index < -0.39 is 5.97 Å². The summed E-state index contributed by atoms with van der Waals surface area (Å²) in [6.45, 7) is 9.44. The minimum Gasteiger partial charge on any atom is -0.475 e. The number of aromatic nitrogens is 1. The van der Waals surface area contributed by atoms with Crippen molar-refractivity contribution in [3.05, 3.63) is 17.8 Å². The monoisotopic (exact) mass is 281 g/mol. The molecule has 0 fully saturated rings. The highest BCUT2D eigenvalue weighted by atomic mass is 16.5. The maximum absolute atomic E-state index is 11.7. The Kier molecular flexibility index (Phi) is 6.79. The third kappa shape index (κ3) is 4.38. The predicted molar refractivity (Wildman–Crippen MR) is 77.9 cm³/mol. The molecular formula is C14H23N3O3. The Bertz CT molecular complexity index is 434. The zero-order valence-electron chi connectivity index (χ0n) is 12.4. The molecule has 0 bridgehead atoms. The molecule has 0 radical (unpaired) electrons. The molecule has 0 aliphatic rings. The smallest absolute Gasteiger partial charge is 0.340 e. The van der Waals surface area contributed by atoms with Crippen LogP contribution in [0.1, 0.15) is 31.1 Å². The molecule has 0 saturated heterocycles. The molecule has 112 valence electrons. The summed E-state index contributed by atoms with van der Waals surface area (Å²) in [5, 5.41) is 0. The van der Waals surface area contributed by atoms with Crippen LogP contribution in [0.15, 0.2) is 12.3 Å². The van der Waals surface area contributed by atoms with Crippen LogP contribution in [0.3, 0.4) is 0 Å². The number of nitrogens with zero attached hydrogens (tertiary/aromatic N) is 2. The van der Waals surface area contributed by atoms with E-state index in [2.05, 4.69) is 23.7 Å². The first-order valence-electron chi connectivity index (χ1n) is 6.90. The van der Waals surface area contributed by atoms with Gasteiger partial charge in [0, 0.05) is 12.7 Å². The van der Waals surface area contributed by atoms with Gasteiger partial charge in [-0.1, -0.05) is 13.8 Å². The molecule has 0 spiro atoms. The molecule has 0 saturated carbocycles. The molecule has 0 aromatic carbocycles. The summed E-state index contributed by atoms with van der Waals surface area (Å²) in [6.07, 6.45) is 1.50. The Morgan fingerprint density at radius 3 is 2.65 bits per heavy atom. The molecule has 1 rings (SSSR count). The van der Waals surface area contributed by atoms with Gasteiger partial charge in [-0.25, -0.2) is 9.78 Å². The summed E-state index contributed by atoms with van der Waals surface area (Å²) in [4.78, 5) is 18.0. The fourth-order valence-corrected chi connectivity index (χ4v) is 1.77. The quantitative estimate of drug-likeness (QED) is 0.729. The zero-order chi connectivity index (χ0) is 15.0. The van der Waals surface area contributed by atoms with Crippen molar-refractivity contribution in [1.82, 2.24) is 9.88 Å². The number of anilines is 1. The Labute approximate surface area is 119 Å². The van der Waals surface area contributed by atoms with Gasteiger partial charge in [0.05, 0.1) is 12.2 Å². The first-order chi connectivity index (χ1) is 9.63. The summed E-state index contributed by atoms with van der Waals surface area (Å²) >= 11 is 0. The number of esters is 1. The van der Waals surface area contributed by atoms with Gasteiger partial charge in [-0.05, 0) is 26.1 Å². The van der Waals surface area contributed by atoms with Gasteiger partial charge >= 0.3 is 5.97 Å². The third-order valence-electron chi connectivity index (χ3n) is 2.99. The van der Waals surface area contributed by atoms with Crippen LogP contribution in [-0.2, 0) is 4.74 Å². The lowest BCUT2D eigenvalue weighted by molar-refractivity contribution is 0.0527. The van der Waals surface area contributed by atoms with Crippen molar-refractivity contribution in [2.45, 2.75) is 20.8 Å². The number of ether oxygens (including phenoxy) is 2. The molecule has 0 amide bonds. The van der Waals surface area contributed by atoms with Crippen LogP contribution in [0.25, 0.3) is 0 Å². The number of carbonyl (C=O) groups excluding carboxylic acids is 1. The van der Waals surface area contributed by atoms with Gasteiger partial charge in [0.25, 0.3) is 0 Å². The second-order valence-corrected chi connectivity index (χ2v) is 4.17. The van der Waals surface area contributed by atoms with Gasteiger partial charge in [0.15, 0.2) is 0 Å². The molecular weight excluding hydrogens is 258 g/mol. The highest BCUT2D eigenvalue weighted by Gasteiger charge is 2.15. The Hall–Kier alpha value is -1.82. The summed E-state index contributed by atoms with van der Waals surface area (Å²) in [6, 6.07) is 1.53. The maximum atomic E-state index is 11.7. The molecule has 0 aliphatic carbocycles. The van der Waals surface area contributed by atoms with E-state index in [1.54, 1.807) is 6.92 Å². The van der Waals surface area contributed by atoms with Crippen LogP contribution in [0.2, 0.25) is 0 Å². The van der Waals surface area contributed by atoms with Crippen LogP contribution in [0, 0.1) is 0 Å². The number of pyridine rings is 1. The van der Waals surface area contributed by atoms with Crippen LogP contribution in [-0.4, -0.2) is 48.7 Å². The van der Waals surface area contributed by atoms with Crippen molar-refractivity contribution in [2.75, 3.05) is 38.6 Å². The standard InChI is InChI=1S/C14H23N3O3/c1-4-17(5-2)9-10-20-13-12(15)11(7-8-16-13)14(18)19-6-3/h7-8H,4-6,9-10,15H2,1-3H3. The second kappa shape index (κ2) is 8.37. The van der Waals surface area contributed by atoms with Crippen molar-refractivity contribution >= 4 is 11.7 Å². The lowest BCUT2D eigenvalue weighted by atomic mass is 10.2. The SMILES string of the molecule is CCOC(=O)c1ccnc(OCCN(CC)CC)c1N. The second-order valence-electron chi connectivity index (χ2n) is 4.17. The van der Waals surface area contributed by atoms with Gasteiger partial charge in [0.2, 0.25) is 5.88 Å². The van der Waals surface area contributed by atoms with Crippen molar-refractivity contribution < 1.29 is 14.3 Å². The van der Waals surface area contributed by atoms with E-state index in [0.29, 0.717) is 18.8 Å². The maximum Gasteiger partial charge on any atom is 0.340 e. The minimum atomic E-state index is -0.457. The van der Waals surface area contributed by atoms with Crippen molar-refractivity contribution in [3.8, 4) is 5.88 Å². The molecule has 0 atom stereocenters. The van der Waals surface area contributed by atoms with Gasteiger partial charge in [-0.3, -0.25) is 0 Å². The third-order valence-corrected chi connectivity index (χ3v) is 2.99. The molecule has 6 heteroatoms. The minimum absolute atomic E-state index is 0.227. The number of hydrogen-bond acceptors (Lipinski definition) is 6. The van der Waals surface area contributed by atoms with Crippen LogP contribution >= 0.6 is 0 Å². The van der Waals surface area contributed by atoms with E-state index >= 15 is 0 Å². The van der Waals surface area contributed by atoms with Crippen molar-refractivity contribution in [2.24, 2.45) is 0 Å². The molecule has 1 heterocycles. The summed E-state index contributed by atoms with van der Waals surface area (Å²) in [5.41, 5.74) is 6.41. The topological polar surface area (TPSA) is 77.7 Å². The fourth-order valence-electron chi connectivity index (χ4n) is 1.77. The summed E-state index contributed by atoms with van der Waals surface area (Å²) in [7, 11) is 0. The predicted octanol–water partition coefficient (Wildman–Crippen LogP) is 1.56. The normalized spacial score (nSPS) is 10.6. The number of nitrogens with two attached hydrogens (primary N) is 1. The highest BCUT2D eigenvalue weighted by Crippen LogP contribution is 2.22. The zero-order valence-corrected chi connectivity index (χ0v) is 12.4. The fraction of sp³-hybridized carbons (Fsp3) is 0.571. The largest absolute Gasteiger partial charge is 0.475 e. The highest BCUT2D eigenvalue weighted by molar-refractivity contribution is 5.96. The Balaban J connectivity index is 2.67. The first-order valence-corrected chi connectivity index (χ1v) is 6.90. The molecule has 20 heavy (non-hydrogen) atoms. The molecule has 1 aromatic rings. The van der Waals surface area contributed by atoms with E-state index in [4.69, 9.17) is 15.2 Å². The average molecular weight is 281 g/mol. The summed E-state index contributed by atoms with van der Waals surface area (Å²) < 4.78 is 10.5. The number of likely N-dealkylation sites (N-methyl/N-ethyl adjacent to an activating group) is 1. The van der Waals surface area contributed by atoms with Gasteiger partial charge in [-0.2, -0.15) is 0 Å². The lowest BCUT2D eigenvalue weighted by Gasteiger charge is -2.18. The molecule has 6 nitrogen and oxygen atoms in total. The van der Waals surface area contributed by atoms with Crippen LogP contribution in [0.5, 0.6) is 5.88 Å². The van der Waals surface area contributed by atoms with Gasteiger partial charge in [-0.15, -0.1) is 0 Å². The molecule has 0 aliphatic heterocycles. The van der Waals surface area contributed by atoms with E-state index in [-0.39, 0.29) is 11.6 Å². The number of rotatable bonds is 8. The molecule has 1 aromatic heterocycles. The van der Waals surface area contributed by atoms with E-state index in [1.165, 1.54) is 12.3 Å². The molecule has 2 N–H and O–H groups in total. The van der Waals surface area contributed by atoms with Crippen molar-refractivity contribution in [1.29, 1.82) is 0 Å². The number of nitrogen functional groups attached to an aromatic ring is 1. The van der Waals surface area contributed by atoms with E-state index in [1.807, 2.05) is 0 Å². The average Bonchev–Trinajstić information content (AvgIpc) is 2.45. The Morgan fingerprint density at radius 2 is 2.05 bits per heavy atom. The summed E-state index contributed by atoms with van der Waals surface area (Å²) in [5.74, 6) is -0.177. The van der Waals surface area contributed by atoms with Crippen LogP contribution < -0.4 is 10.5 Å². The lowest BCUT2D eigenvalue weighted by Crippen LogP contribution is -2.28. The Morgan fingerprint density at radius 1 is 1.35 bits per heavy atom. The number of hydrogen-bond donors (Lipinski definition) is 1. The molecule has 0 unspecified atom stereocenters.